The molecule has 0 radical (unpaired) electrons. The normalized spacial score (nSPS) is 12.8. The highest BCUT2D eigenvalue weighted by Crippen LogP contribution is 2.40. The Labute approximate surface area is 109 Å². The van der Waals surface area contributed by atoms with E-state index in [1.807, 2.05) is 30.3 Å². The van der Waals surface area contributed by atoms with Crippen molar-refractivity contribution in [2.24, 2.45) is 0 Å². The predicted molar refractivity (Wildman–Crippen MR) is 70.3 cm³/mol. The molecule has 0 saturated carbocycles. The van der Waals surface area contributed by atoms with Gasteiger partial charge in [-0.25, -0.2) is 0 Å². The minimum atomic E-state index is 0.618. The Morgan fingerprint density at radius 3 is 2.88 bits per heavy atom. The van der Waals surface area contributed by atoms with E-state index in [1.54, 1.807) is 6.07 Å². The van der Waals surface area contributed by atoms with Crippen LogP contribution in [-0.2, 0) is 6.54 Å². The SMILES string of the molecule is Clc1ccc2c(c1)NCc1cccc(Cl)c1O2. The summed E-state index contributed by atoms with van der Waals surface area (Å²) >= 11 is 12.1. The van der Waals surface area contributed by atoms with E-state index in [-0.39, 0.29) is 0 Å². The number of nitrogens with one attached hydrogen (secondary N) is 1. The van der Waals surface area contributed by atoms with E-state index in [4.69, 9.17) is 27.9 Å². The van der Waals surface area contributed by atoms with Gasteiger partial charge in [-0.1, -0.05) is 35.3 Å². The molecule has 0 unspecified atom stereocenters. The molecule has 0 aliphatic carbocycles. The minimum absolute atomic E-state index is 0.618. The summed E-state index contributed by atoms with van der Waals surface area (Å²) in [5.41, 5.74) is 1.91. The highest BCUT2D eigenvalue weighted by molar-refractivity contribution is 6.32. The molecule has 1 heterocycles. The molecule has 2 nitrogen and oxygen atoms in total. The quantitative estimate of drug-likeness (QED) is 0.745. The summed E-state index contributed by atoms with van der Waals surface area (Å²) < 4.78 is 5.84. The van der Waals surface area contributed by atoms with Gasteiger partial charge in [0.15, 0.2) is 11.5 Å². The third-order valence-corrected chi connectivity index (χ3v) is 3.20. The van der Waals surface area contributed by atoms with E-state index >= 15 is 0 Å². The van der Waals surface area contributed by atoms with Gasteiger partial charge in [0.2, 0.25) is 0 Å². The van der Waals surface area contributed by atoms with Crippen molar-refractivity contribution in [2.45, 2.75) is 6.54 Å². The summed E-state index contributed by atoms with van der Waals surface area (Å²) in [6, 6.07) is 11.2. The molecule has 0 fully saturated rings. The average Bonchev–Trinajstić information content (AvgIpc) is 2.49. The average molecular weight is 266 g/mol. The molecule has 2 aromatic carbocycles. The molecule has 0 amide bonds. The zero-order valence-electron chi connectivity index (χ0n) is 8.84. The fourth-order valence-corrected chi connectivity index (χ4v) is 2.24. The van der Waals surface area contributed by atoms with Gasteiger partial charge in [0.05, 0.1) is 10.7 Å². The Hall–Kier alpha value is -1.38. The van der Waals surface area contributed by atoms with Gasteiger partial charge in [-0.3, -0.25) is 0 Å². The lowest BCUT2D eigenvalue weighted by Crippen LogP contribution is -1.96. The van der Waals surface area contributed by atoms with E-state index in [1.165, 1.54) is 0 Å². The van der Waals surface area contributed by atoms with Gasteiger partial charge in [-0.2, -0.15) is 0 Å². The Morgan fingerprint density at radius 2 is 2.00 bits per heavy atom. The first-order chi connectivity index (χ1) is 8.24. The fraction of sp³-hybridized carbons (Fsp3) is 0.0769. The number of ether oxygens (including phenoxy) is 1. The largest absolute Gasteiger partial charge is 0.453 e. The molecule has 1 N–H and O–H groups in total. The highest BCUT2D eigenvalue weighted by atomic mass is 35.5. The number of halogens is 2. The lowest BCUT2D eigenvalue weighted by atomic mass is 10.2. The van der Waals surface area contributed by atoms with Gasteiger partial charge in [0.25, 0.3) is 0 Å². The molecule has 0 bridgehead atoms. The van der Waals surface area contributed by atoms with Gasteiger partial charge in [-0.15, -0.1) is 0 Å². The fourth-order valence-electron chi connectivity index (χ4n) is 1.84. The Balaban J connectivity index is 2.12. The second-order valence-corrected chi connectivity index (χ2v) is 4.67. The third-order valence-electron chi connectivity index (χ3n) is 2.67. The number of rotatable bonds is 0. The van der Waals surface area contributed by atoms with Crippen molar-refractivity contribution in [3.63, 3.8) is 0 Å². The molecule has 0 atom stereocenters. The number of hydrogen-bond acceptors (Lipinski definition) is 2. The number of benzene rings is 2. The third kappa shape index (κ3) is 1.94. The maximum atomic E-state index is 6.13. The van der Waals surface area contributed by atoms with Crippen LogP contribution in [0.25, 0.3) is 0 Å². The van der Waals surface area contributed by atoms with Gasteiger partial charge >= 0.3 is 0 Å². The highest BCUT2D eigenvalue weighted by Gasteiger charge is 2.16. The first-order valence-electron chi connectivity index (χ1n) is 5.23. The predicted octanol–water partition coefficient (Wildman–Crippen LogP) is 4.71. The van der Waals surface area contributed by atoms with E-state index in [2.05, 4.69) is 5.32 Å². The Bertz CT molecular complexity index is 584. The zero-order chi connectivity index (χ0) is 11.8. The monoisotopic (exact) mass is 265 g/mol. The van der Waals surface area contributed by atoms with Crippen LogP contribution in [0.1, 0.15) is 5.56 Å². The summed E-state index contributed by atoms with van der Waals surface area (Å²) in [5, 5.41) is 4.58. The van der Waals surface area contributed by atoms with Crippen LogP contribution in [0.2, 0.25) is 10.0 Å². The molecule has 17 heavy (non-hydrogen) atoms. The minimum Gasteiger partial charge on any atom is -0.453 e. The van der Waals surface area contributed by atoms with Crippen molar-refractivity contribution in [2.75, 3.05) is 5.32 Å². The van der Waals surface area contributed by atoms with Crippen LogP contribution in [0.15, 0.2) is 36.4 Å². The molecular weight excluding hydrogens is 257 g/mol. The molecule has 86 valence electrons. The van der Waals surface area contributed by atoms with Crippen LogP contribution in [0.4, 0.5) is 5.69 Å². The molecule has 1 aliphatic heterocycles. The Morgan fingerprint density at radius 1 is 1.12 bits per heavy atom. The van der Waals surface area contributed by atoms with Crippen molar-refractivity contribution >= 4 is 28.9 Å². The van der Waals surface area contributed by atoms with E-state index < -0.39 is 0 Å². The first kappa shape index (κ1) is 10.8. The zero-order valence-corrected chi connectivity index (χ0v) is 10.3. The number of hydrogen-bond donors (Lipinski definition) is 1. The van der Waals surface area contributed by atoms with Crippen LogP contribution in [0, 0.1) is 0 Å². The maximum Gasteiger partial charge on any atom is 0.151 e. The lowest BCUT2D eigenvalue weighted by Gasteiger charge is -2.09. The standard InChI is InChI=1S/C13H9Cl2NO/c14-9-4-5-12-11(6-9)16-7-8-2-1-3-10(15)13(8)17-12/h1-6,16H,7H2. The molecule has 0 aromatic heterocycles. The van der Waals surface area contributed by atoms with Gasteiger partial charge in [0.1, 0.15) is 0 Å². The summed E-state index contributed by atoms with van der Waals surface area (Å²) in [6.07, 6.45) is 0. The second-order valence-electron chi connectivity index (χ2n) is 3.82. The van der Waals surface area contributed by atoms with Gasteiger partial charge < -0.3 is 10.1 Å². The smallest absolute Gasteiger partial charge is 0.151 e. The van der Waals surface area contributed by atoms with E-state index in [0.717, 1.165) is 17.0 Å². The number of anilines is 1. The van der Waals surface area contributed by atoms with Crippen molar-refractivity contribution in [3.8, 4) is 11.5 Å². The van der Waals surface area contributed by atoms with E-state index in [0.29, 0.717) is 22.3 Å². The molecule has 2 aromatic rings. The van der Waals surface area contributed by atoms with Gasteiger partial charge in [-0.05, 0) is 24.3 Å². The van der Waals surface area contributed by atoms with Crippen LogP contribution < -0.4 is 10.1 Å². The molecule has 1 aliphatic rings. The summed E-state index contributed by atoms with van der Waals surface area (Å²) in [7, 11) is 0. The van der Waals surface area contributed by atoms with Gasteiger partial charge in [0, 0.05) is 17.1 Å². The van der Waals surface area contributed by atoms with Crippen LogP contribution >= 0.6 is 23.2 Å². The molecule has 4 heteroatoms. The summed E-state index contributed by atoms with van der Waals surface area (Å²) in [6.45, 7) is 0.670. The first-order valence-corrected chi connectivity index (χ1v) is 5.98. The maximum absolute atomic E-state index is 6.13. The van der Waals surface area contributed by atoms with Crippen LogP contribution in [0.5, 0.6) is 11.5 Å². The van der Waals surface area contributed by atoms with Crippen molar-refractivity contribution in [3.05, 3.63) is 52.0 Å². The Kier molecular flexibility index (Phi) is 2.61. The van der Waals surface area contributed by atoms with Crippen molar-refractivity contribution < 1.29 is 4.74 Å². The molecule has 0 spiro atoms. The van der Waals surface area contributed by atoms with Crippen molar-refractivity contribution in [1.29, 1.82) is 0 Å². The summed E-state index contributed by atoms with van der Waals surface area (Å²) in [4.78, 5) is 0. The number of para-hydroxylation sites is 1. The molecular formula is C13H9Cl2NO. The number of fused-ring (bicyclic) bond motifs is 2. The van der Waals surface area contributed by atoms with Crippen molar-refractivity contribution in [1.82, 2.24) is 0 Å². The van der Waals surface area contributed by atoms with Crippen LogP contribution in [0.3, 0.4) is 0 Å². The topological polar surface area (TPSA) is 21.3 Å². The van der Waals surface area contributed by atoms with Crippen LogP contribution in [-0.4, -0.2) is 0 Å². The van der Waals surface area contributed by atoms with E-state index in [9.17, 15) is 0 Å². The molecule has 3 rings (SSSR count). The lowest BCUT2D eigenvalue weighted by molar-refractivity contribution is 0.484. The molecule has 0 saturated heterocycles. The summed E-state index contributed by atoms with van der Waals surface area (Å²) in [5.74, 6) is 1.45. The second kappa shape index (κ2) is 4.13.